The maximum Gasteiger partial charge on any atom is 0.128 e. The summed E-state index contributed by atoms with van der Waals surface area (Å²) in [6, 6.07) is 14.5. The standard InChI is InChI=1S/C15H15NO2/c1-2-18-15-6-4-3-5-12(15)11-16-13-7-9-14(17)10-8-13/h3-11,17H,2H2,1H3. The molecule has 0 aliphatic heterocycles. The summed E-state index contributed by atoms with van der Waals surface area (Å²) >= 11 is 0. The predicted molar refractivity (Wildman–Crippen MR) is 73.0 cm³/mol. The van der Waals surface area contributed by atoms with E-state index < -0.39 is 0 Å². The van der Waals surface area contributed by atoms with Gasteiger partial charge < -0.3 is 9.84 Å². The van der Waals surface area contributed by atoms with Crippen LogP contribution in [-0.4, -0.2) is 17.9 Å². The van der Waals surface area contributed by atoms with Crippen LogP contribution < -0.4 is 4.74 Å². The second-order valence-corrected chi connectivity index (χ2v) is 3.75. The Morgan fingerprint density at radius 2 is 1.83 bits per heavy atom. The Hall–Kier alpha value is -2.29. The molecule has 0 radical (unpaired) electrons. The normalized spacial score (nSPS) is 10.7. The van der Waals surface area contributed by atoms with E-state index in [9.17, 15) is 5.11 Å². The lowest BCUT2D eigenvalue weighted by Crippen LogP contribution is -1.95. The number of aliphatic imine (C=N–C) groups is 1. The molecule has 0 unspecified atom stereocenters. The third-order valence-electron chi connectivity index (χ3n) is 2.42. The van der Waals surface area contributed by atoms with Crippen molar-refractivity contribution in [3.05, 3.63) is 54.1 Å². The largest absolute Gasteiger partial charge is 0.508 e. The van der Waals surface area contributed by atoms with Crippen LogP contribution in [0.4, 0.5) is 5.69 Å². The van der Waals surface area contributed by atoms with Gasteiger partial charge in [-0.15, -0.1) is 0 Å². The van der Waals surface area contributed by atoms with Crippen molar-refractivity contribution in [2.45, 2.75) is 6.92 Å². The van der Waals surface area contributed by atoms with E-state index in [2.05, 4.69) is 4.99 Å². The number of hydrogen-bond acceptors (Lipinski definition) is 3. The van der Waals surface area contributed by atoms with Crippen molar-refractivity contribution in [3.8, 4) is 11.5 Å². The van der Waals surface area contributed by atoms with E-state index in [0.717, 1.165) is 17.0 Å². The summed E-state index contributed by atoms with van der Waals surface area (Å²) in [4.78, 5) is 4.34. The molecule has 0 aliphatic carbocycles. The van der Waals surface area contributed by atoms with Gasteiger partial charge in [-0.05, 0) is 43.3 Å². The number of phenols is 1. The van der Waals surface area contributed by atoms with Gasteiger partial charge in [-0.1, -0.05) is 12.1 Å². The summed E-state index contributed by atoms with van der Waals surface area (Å²) in [5.74, 6) is 1.06. The number of benzene rings is 2. The van der Waals surface area contributed by atoms with Crippen molar-refractivity contribution < 1.29 is 9.84 Å². The SMILES string of the molecule is CCOc1ccccc1C=Nc1ccc(O)cc1. The van der Waals surface area contributed by atoms with E-state index >= 15 is 0 Å². The molecule has 0 fully saturated rings. The molecule has 2 aromatic carbocycles. The Morgan fingerprint density at radius 1 is 1.11 bits per heavy atom. The van der Waals surface area contributed by atoms with Gasteiger partial charge in [0.15, 0.2) is 0 Å². The second kappa shape index (κ2) is 5.87. The number of rotatable bonds is 4. The van der Waals surface area contributed by atoms with Crippen molar-refractivity contribution in [1.29, 1.82) is 0 Å². The highest BCUT2D eigenvalue weighted by atomic mass is 16.5. The molecule has 0 spiro atoms. The highest BCUT2D eigenvalue weighted by Crippen LogP contribution is 2.19. The molecule has 2 rings (SSSR count). The maximum absolute atomic E-state index is 9.18. The highest BCUT2D eigenvalue weighted by Gasteiger charge is 1.98. The number of aromatic hydroxyl groups is 1. The minimum Gasteiger partial charge on any atom is -0.508 e. The molecule has 2 aromatic rings. The van der Waals surface area contributed by atoms with Crippen LogP contribution in [-0.2, 0) is 0 Å². The average Bonchev–Trinajstić information content (AvgIpc) is 2.40. The van der Waals surface area contributed by atoms with Crippen LogP contribution in [0, 0.1) is 0 Å². The molecule has 0 heterocycles. The summed E-state index contributed by atoms with van der Waals surface area (Å²) < 4.78 is 5.51. The fraction of sp³-hybridized carbons (Fsp3) is 0.133. The number of nitrogens with zero attached hydrogens (tertiary/aromatic N) is 1. The number of ether oxygens (including phenoxy) is 1. The summed E-state index contributed by atoms with van der Waals surface area (Å²) in [5.41, 5.74) is 1.73. The zero-order chi connectivity index (χ0) is 12.8. The monoisotopic (exact) mass is 241 g/mol. The molecule has 0 aliphatic rings. The minimum atomic E-state index is 0.240. The van der Waals surface area contributed by atoms with Crippen LogP contribution in [0.3, 0.4) is 0 Å². The Balaban J connectivity index is 2.20. The van der Waals surface area contributed by atoms with Gasteiger partial charge in [-0.3, -0.25) is 4.99 Å². The lowest BCUT2D eigenvalue weighted by molar-refractivity contribution is 0.340. The highest BCUT2D eigenvalue weighted by molar-refractivity contribution is 5.85. The van der Waals surface area contributed by atoms with Gasteiger partial charge in [0.05, 0.1) is 12.3 Å². The average molecular weight is 241 g/mol. The second-order valence-electron chi connectivity index (χ2n) is 3.75. The molecule has 0 saturated carbocycles. The van der Waals surface area contributed by atoms with Gasteiger partial charge in [-0.25, -0.2) is 0 Å². The first-order valence-corrected chi connectivity index (χ1v) is 5.84. The Bertz CT molecular complexity index is 532. The van der Waals surface area contributed by atoms with Crippen molar-refractivity contribution in [3.63, 3.8) is 0 Å². The number of phenolic OH excluding ortho intramolecular Hbond substituents is 1. The summed E-state index contributed by atoms with van der Waals surface area (Å²) in [6.07, 6.45) is 1.76. The minimum absolute atomic E-state index is 0.240. The van der Waals surface area contributed by atoms with Crippen LogP contribution in [0.1, 0.15) is 12.5 Å². The summed E-state index contributed by atoms with van der Waals surface area (Å²) in [6.45, 7) is 2.58. The van der Waals surface area contributed by atoms with Gasteiger partial charge >= 0.3 is 0 Å². The third-order valence-corrected chi connectivity index (χ3v) is 2.42. The molecule has 3 nitrogen and oxygen atoms in total. The van der Waals surface area contributed by atoms with Crippen LogP contribution >= 0.6 is 0 Å². The van der Waals surface area contributed by atoms with Gasteiger partial charge in [0.1, 0.15) is 11.5 Å². The van der Waals surface area contributed by atoms with Gasteiger partial charge in [0.25, 0.3) is 0 Å². The number of para-hydroxylation sites is 1. The molecule has 0 atom stereocenters. The predicted octanol–water partition coefficient (Wildman–Crippen LogP) is 3.54. The smallest absolute Gasteiger partial charge is 0.128 e. The quantitative estimate of drug-likeness (QED) is 0.832. The summed E-state index contributed by atoms with van der Waals surface area (Å²) in [7, 11) is 0. The molecule has 0 aromatic heterocycles. The van der Waals surface area contributed by atoms with E-state index in [1.165, 1.54) is 0 Å². The van der Waals surface area contributed by atoms with Crippen molar-refractivity contribution >= 4 is 11.9 Å². The molecule has 1 N–H and O–H groups in total. The van der Waals surface area contributed by atoms with Crippen molar-refractivity contribution in [2.24, 2.45) is 4.99 Å². The first kappa shape index (κ1) is 12.2. The van der Waals surface area contributed by atoms with Crippen molar-refractivity contribution in [1.82, 2.24) is 0 Å². The third kappa shape index (κ3) is 3.10. The van der Waals surface area contributed by atoms with Gasteiger partial charge in [-0.2, -0.15) is 0 Å². The molecule has 0 amide bonds. The zero-order valence-corrected chi connectivity index (χ0v) is 10.2. The van der Waals surface area contributed by atoms with Gasteiger partial charge in [0, 0.05) is 11.8 Å². The molecule has 92 valence electrons. The van der Waals surface area contributed by atoms with Crippen LogP contribution in [0.2, 0.25) is 0 Å². The van der Waals surface area contributed by atoms with Crippen LogP contribution in [0.25, 0.3) is 0 Å². The van der Waals surface area contributed by atoms with Gasteiger partial charge in [0.2, 0.25) is 0 Å². The molecule has 0 saturated heterocycles. The topological polar surface area (TPSA) is 41.8 Å². The van der Waals surface area contributed by atoms with E-state index in [1.54, 1.807) is 30.5 Å². The lowest BCUT2D eigenvalue weighted by Gasteiger charge is -2.05. The zero-order valence-electron chi connectivity index (χ0n) is 10.2. The molecular formula is C15H15NO2. The lowest BCUT2D eigenvalue weighted by atomic mass is 10.2. The summed E-state index contributed by atoms with van der Waals surface area (Å²) in [5, 5.41) is 9.18. The van der Waals surface area contributed by atoms with E-state index in [1.807, 2.05) is 31.2 Å². The molecular weight excluding hydrogens is 226 g/mol. The Labute approximate surface area is 106 Å². The fourth-order valence-corrected chi connectivity index (χ4v) is 1.56. The van der Waals surface area contributed by atoms with Crippen LogP contribution in [0.5, 0.6) is 11.5 Å². The fourth-order valence-electron chi connectivity index (χ4n) is 1.56. The maximum atomic E-state index is 9.18. The Morgan fingerprint density at radius 3 is 2.56 bits per heavy atom. The molecule has 0 bridgehead atoms. The van der Waals surface area contributed by atoms with Crippen LogP contribution in [0.15, 0.2) is 53.5 Å². The van der Waals surface area contributed by atoms with Crippen molar-refractivity contribution in [2.75, 3.05) is 6.61 Å². The van der Waals surface area contributed by atoms with E-state index in [-0.39, 0.29) is 5.75 Å². The Kier molecular flexibility index (Phi) is 3.97. The first-order chi connectivity index (χ1) is 8.79. The van der Waals surface area contributed by atoms with E-state index in [4.69, 9.17) is 4.74 Å². The van der Waals surface area contributed by atoms with E-state index in [0.29, 0.717) is 6.61 Å². The molecule has 18 heavy (non-hydrogen) atoms. The molecule has 3 heteroatoms. The number of hydrogen-bond donors (Lipinski definition) is 1. The first-order valence-electron chi connectivity index (χ1n) is 5.84.